The molecule has 0 aromatic heterocycles. The Bertz CT molecular complexity index is 933. The summed E-state index contributed by atoms with van der Waals surface area (Å²) in [5.74, 6) is -0.0683. The third kappa shape index (κ3) is 3.97. The van der Waals surface area contributed by atoms with Gasteiger partial charge in [0.25, 0.3) is 5.91 Å². The van der Waals surface area contributed by atoms with E-state index in [9.17, 15) is 14.7 Å². The molecular weight excluding hydrogens is 370 g/mol. The van der Waals surface area contributed by atoms with Gasteiger partial charge in [-0.15, -0.1) is 0 Å². The molecule has 1 unspecified atom stereocenters. The first-order chi connectivity index (χ1) is 14.0. The fourth-order valence-corrected chi connectivity index (χ4v) is 3.40. The number of ether oxygens (including phenoxy) is 2. The molecule has 0 fully saturated rings. The van der Waals surface area contributed by atoms with Crippen LogP contribution < -0.4 is 14.4 Å². The number of Topliss-reactive ketones (excluding diaryl/α,β-unsaturated/α-hetero) is 1. The van der Waals surface area contributed by atoms with Crippen LogP contribution in [-0.2, 0) is 9.59 Å². The van der Waals surface area contributed by atoms with Crippen LogP contribution in [0.25, 0.3) is 0 Å². The molecule has 6 nitrogen and oxygen atoms in total. The molecule has 152 valence electrons. The van der Waals surface area contributed by atoms with Crippen molar-refractivity contribution in [1.29, 1.82) is 0 Å². The van der Waals surface area contributed by atoms with Crippen molar-refractivity contribution < 1.29 is 24.2 Å². The molecule has 1 aliphatic rings. The van der Waals surface area contributed by atoms with Crippen LogP contribution in [0.4, 0.5) is 5.69 Å². The molecule has 1 atom stereocenters. The van der Waals surface area contributed by atoms with E-state index >= 15 is 0 Å². The number of aliphatic hydroxyl groups is 1. The van der Waals surface area contributed by atoms with E-state index in [2.05, 4.69) is 0 Å². The van der Waals surface area contributed by atoms with Gasteiger partial charge in [-0.25, -0.2) is 0 Å². The fourth-order valence-electron chi connectivity index (χ4n) is 3.40. The third-order valence-corrected chi connectivity index (χ3v) is 4.83. The van der Waals surface area contributed by atoms with Crippen molar-refractivity contribution in [3.05, 3.63) is 65.4 Å². The highest BCUT2D eigenvalue weighted by atomic mass is 16.5. The van der Waals surface area contributed by atoms with Crippen LogP contribution in [-0.4, -0.2) is 30.5 Å². The van der Waals surface area contributed by atoms with Crippen molar-refractivity contribution in [2.75, 3.05) is 18.6 Å². The number of methoxy groups -OCH3 is 1. The second-order valence-corrected chi connectivity index (χ2v) is 6.74. The molecular formula is C23H25NO5. The minimum absolute atomic E-state index is 0.112. The van der Waals surface area contributed by atoms with Gasteiger partial charge in [0.05, 0.1) is 25.3 Å². The summed E-state index contributed by atoms with van der Waals surface area (Å²) in [7, 11) is 1.56. The lowest BCUT2D eigenvalue weighted by Crippen LogP contribution is -2.31. The molecule has 0 radical (unpaired) electrons. The SMILES string of the molecule is CCCOc1cccc(C2C(C(=O)CC)=C(O)C(=O)N2c2ccc(OC)cc2)c1. The van der Waals surface area contributed by atoms with Crippen molar-refractivity contribution >= 4 is 17.4 Å². The van der Waals surface area contributed by atoms with Crippen LogP contribution in [0, 0.1) is 0 Å². The largest absolute Gasteiger partial charge is 0.503 e. The zero-order chi connectivity index (χ0) is 21.0. The molecule has 0 aliphatic carbocycles. The fraction of sp³-hybridized carbons (Fsp3) is 0.304. The second kappa shape index (κ2) is 8.82. The van der Waals surface area contributed by atoms with Crippen LogP contribution in [0.3, 0.4) is 0 Å². The molecule has 29 heavy (non-hydrogen) atoms. The number of anilines is 1. The number of rotatable bonds is 8. The van der Waals surface area contributed by atoms with Crippen LogP contribution in [0.2, 0.25) is 0 Å². The van der Waals surface area contributed by atoms with Gasteiger partial charge < -0.3 is 14.6 Å². The topological polar surface area (TPSA) is 76.1 Å². The summed E-state index contributed by atoms with van der Waals surface area (Å²) in [5.41, 5.74) is 1.37. The van der Waals surface area contributed by atoms with Gasteiger partial charge in [-0.1, -0.05) is 26.0 Å². The first-order valence-corrected chi connectivity index (χ1v) is 9.68. The van der Waals surface area contributed by atoms with Crippen molar-refractivity contribution in [3.63, 3.8) is 0 Å². The summed E-state index contributed by atoms with van der Waals surface area (Å²) < 4.78 is 10.9. The standard InChI is InChI=1S/C23H25NO5/c1-4-13-29-18-8-6-7-15(14-18)21-20(19(25)5-2)22(26)23(27)24(21)16-9-11-17(28-3)12-10-16/h6-12,14,21,26H,4-5,13H2,1-3H3. The summed E-state index contributed by atoms with van der Waals surface area (Å²) in [6.45, 7) is 4.29. The first kappa shape index (κ1) is 20.5. The van der Waals surface area contributed by atoms with Gasteiger partial charge in [0.15, 0.2) is 11.5 Å². The first-order valence-electron chi connectivity index (χ1n) is 9.68. The quantitative estimate of drug-likeness (QED) is 0.719. The Balaban J connectivity index is 2.10. The van der Waals surface area contributed by atoms with Crippen LogP contribution in [0.1, 0.15) is 38.3 Å². The Hall–Kier alpha value is -3.28. The Kier molecular flexibility index (Phi) is 6.22. The Morgan fingerprint density at radius 3 is 2.45 bits per heavy atom. The summed E-state index contributed by atoms with van der Waals surface area (Å²) in [4.78, 5) is 27.0. The van der Waals surface area contributed by atoms with Crippen molar-refractivity contribution in [2.45, 2.75) is 32.7 Å². The molecule has 1 heterocycles. The monoisotopic (exact) mass is 395 g/mol. The Morgan fingerprint density at radius 2 is 1.83 bits per heavy atom. The van der Waals surface area contributed by atoms with Crippen molar-refractivity contribution in [3.8, 4) is 11.5 Å². The van der Waals surface area contributed by atoms with Gasteiger partial charge in [0.2, 0.25) is 0 Å². The number of nitrogens with zero attached hydrogens (tertiary/aromatic N) is 1. The van der Waals surface area contributed by atoms with E-state index in [4.69, 9.17) is 9.47 Å². The van der Waals surface area contributed by atoms with E-state index in [1.165, 1.54) is 4.90 Å². The van der Waals surface area contributed by atoms with Crippen molar-refractivity contribution in [1.82, 2.24) is 0 Å². The molecule has 1 amide bonds. The average molecular weight is 395 g/mol. The molecule has 0 saturated heterocycles. The maximum absolute atomic E-state index is 12.9. The van der Waals surface area contributed by atoms with Gasteiger partial charge in [0, 0.05) is 12.1 Å². The second-order valence-electron chi connectivity index (χ2n) is 6.74. The normalized spacial score (nSPS) is 16.3. The number of hydrogen-bond acceptors (Lipinski definition) is 5. The average Bonchev–Trinajstić information content (AvgIpc) is 3.02. The summed E-state index contributed by atoms with van der Waals surface area (Å²) >= 11 is 0. The zero-order valence-corrected chi connectivity index (χ0v) is 16.8. The smallest absolute Gasteiger partial charge is 0.294 e. The molecule has 0 bridgehead atoms. The summed E-state index contributed by atoms with van der Waals surface area (Å²) in [5, 5.41) is 10.5. The van der Waals surface area contributed by atoms with E-state index in [1.807, 2.05) is 31.2 Å². The van der Waals surface area contributed by atoms with E-state index in [0.29, 0.717) is 29.4 Å². The number of aliphatic hydroxyl groups excluding tert-OH is 1. The number of benzene rings is 2. The van der Waals surface area contributed by atoms with Crippen LogP contribution >= 0.6 is 0 Å². The minimum atomic E-state index is -0.728. The van der Waals surface area contributed by atoms with Gasteiger partial charge >= 0.3 is 0 Å². The zero-order valence-electron chi connectivity index (χ0n) is 16.8. The Labute approximate surface area is 170 Å². The maximum atomic E-state index is 12.9. The number of hydrogen-bond donors (Lipinski definition) is 1. The molecule has 1 N–H and O–H groups in total. The molecule has 0 saturated carbocycles. The molecule has 0 spiro atoms. The number of carbonyl (C=O) groups excluding carboxylic acids is 2. The number of carbonyl (C=O) groups is 2. The molecule has 6 heteroatoms. The number of ketones is 1. The highest BCUT2D eigenvalue weighted by molar-refractivity contribution is 6.16. The summed E-state index contributed by atoms with van der Waals surface area (Å²) in [6.07, 6.45) is 1.05. The lowest BCUT2D eigenvalue weighted by Gasteiger charge is -2.27. The van der Waals surface area contributed by atoms with E-state index in [-0.39, 0.29) is 17.8 Å². The van der Waals surface area contributed by atoms with Crippen molar-refractivity contribution in [2.24, 2.45) is 0 Å². The lowest BCUT2D eigenvalue weighted by atomic mass is 9.94. The van der Waals surface area contributed by atoms with Crippen LogP contribution in [0.5, 0.6) is 11.5 Å². The van der Waals surface area contributed by atoms with E-state index in [0.717, 1.165) is 6.42 Å². The van der Waals surface area contributed by atoms with E-state index < -0.39 is 17.7 Å². The van der Waals surface area contributed by atoms with Gasteiger partial charge in [0.1, 0.15) is 11.5 Å². The highest BCUT2D eigenvalue weighted by Gasteiger charge is 2.43. The number of amides is 1. The lowest BCUT2D eigenvalue weighted by molar-refractivity contribution is -0.118. The Morgan fingerprint density at radius 1 is 1.10 bits per heavy atom. The minimum Gasteiger partial charge on any atom is -0.503 e. The van der Waals surface area contributed by atoms with Gasteiger partial charge in [-0.2, -0.15) is 0 Å². The highest BCUT2D eigenvalue weighted by Crippen LogP contribution is 2.42. The van der Waals surface area contributed by atoms with E-state index in [1.54, 1.807) is 38.3 Å². The molecule has 3 rings (SSSR count). The molecule has 1 aliphatic heterocycles. The summed E-state index contributed by atoms with van der Waals surface area (Å²) in [6, 6.07) is 13.5. The predicted molar refractivity (Wildman–Crippen MR) is 110 cm³/mol. The maximum Gasteiger partial charge on any atom is 0.294 e. The van der Waals surface area contributed by atoms with Crippen LogP contribution in [0.15, 0.2) is 59.9 Å². The molecule has 2 aromatic rings. The van der Waals surface area contributed by atoms with Gasteiger partial charge in [-0.3, -0.25) is 14.5 Å². The predicted octanol–water partition coefficient (Wildman–Crippen LogP) is 4.36. The molecule has 2 aromatic carbocycles. The third-order valence-electron chi connectivity index (χ3n) is 4.83. The van der Waals surface area contributed by atoms with Gasteiger partial charge in [-0.05, 0) is 48.4 Å².